The first kappa shape index (κ1) is 13.8. The summed E-state index contributed by atoms with van der Waals surface area (Å²) in [6, 6.07) is 1.93. The van der Waals surface area contributed by atoms with E-state index in [1.54, 1.807) is 6.92 Å². The van der Waals surface area contributed by atoms with Crippen molar-refractivity contribution in [1.82, 2.24) is 10.1 Å². The van der Waals surface area contributed by atoms with Crippen LogP contribution in [0.1, 0.15) is 27.0 Å². The van der Waals surface area contributed by atoms with Crippen molar-refractivity contribution in [3.8, 4) is 6.07 Å². The second kappa shape index (κ2) is 5.58. The van der Waals surface area contributed by atoms with Crippen LogP contribution in [-0.4, -0.2) is 22.6 Å². The summed E-state index contributed by atoms with van der Waals surface area (Å²) in [6.45, 7) is 2.17. The normalized spacial score (nSPS) is 10.2. The number of hydrogen-bond acceptors (Lipinski definition) is 8. The van der Waals surface area contributed by atoms with Crippen molar-refractivity contribution in [1.29, 1.82) is 5.26 Å². The molecule has 0 aliphatic heterocycles. The SMILES string of the molecule is Cc1nc(CCNc2sc(C#N)c(N)c2C(N)=O)no1. The third-order valence-corrected chi connectivity index (χ3v) is 3.56. The van der Waals surface area contributed by atoms with Gasteiger partial charge >= 0.3 is 0 Å². The van der Waals surface area contributed by atoms with Gasteiger partial charge in [-0.3, -0.25) is 4.79 Å². The van der Waals surface area contributed by atoms with Crippen molar-refractivity contribution in [2.24, 2.45) is 5.73 Å². The predicted molar refractivity (Wildman–Crippen MR) is 73.2 cm³/mol. The maximum Gasteiger partial charge on any atom is 0.253 e. The molecule has 0 saturated carbocycles. The third-order valence-electron chi connectivity index (χ3n) is 2.50. The summed E-state index contributed by atoms with van der Waals surface area (Å²) in [7, 11) is 0. The summed E-state index contributed by atoms with van der Waals surface area (Å²) in [5, 5.41) is 16.2. The van der Waals surface area contributed by atoms with Gasteiger partial charge in [0.05, 0.1) is 11.3 Å². The molecule has 1 amide bonds. The Morgan fingerprint density at radius 1 is 1.60 bits per heavy atom. The van der Waals surface area contributed by atoms with Gasteiger partial charge in [-0.05, 0) is 0 Å². The molecule has 0 fully saturated rings. The molecule has 0 bridgehead atoms. The summed E-state index contributed by atoms with van der Waals surface area (Å²) in [5.41, 5.74) is 11.2. The fourth-order valence-electron chi connectivity index (χ4n) is 1.63. The first-order valence-electron chi connectivity index (χ1n) is 5.68. The quantitative estimate of drug-likeness (QED) is 0.733. The van der Waals surface area contributed by atoms with Gasteiger partial charge in [-0.2, -0.15) is 10.2 Å². The molecule has 0 atom stereocenters. The minimum Gasteiger partial charge on any atom is -0.396 e. The number of nitrogens with one attached hydrogen (secondary N) is 1. The van der Waals surface area contributed by atoms with E-state index in [0.29, 0.717) is 29.7 Å². The predicted octanol–water partition coefficient (Wildman–Crippen LogP) is 0.647. The molecule has 20 heavy (non-hydrogen) atoms. The van der Waals surface area contributed by atoms with Crippen LogP contribution in [0.15, 0.2) is 4.52 Å². The Kier molecular flexibility index (Phi) is 3.86. The van der Waals surface area contributed by atoms with Crippen LogP contribution in [0.2, 0.25) is 0 Å². The number of thiophene rings is 1. The largest absolute Gasteiger partial charge is 0.396 e. The second-order valence-electron chi connectivity index (χ2n) is 3.93. The fourth-order valence-corrected chi connectivity index (χ4v) is 2.58. The number of carbonyl (C=O) groups is 1. The van der Waals surface area contributed by atoms with Gasteiger partial charge in [0.15, 0.2) is 5.82 Å². The average molecular weight is 292 g/mol. The van der Waals surface area contributed by atoms with E-state index in [0.717, 1.165) is 11.3 Å². The van der Waals surface area contributed by atoms with Gasteiger partial charge in [0.25, 0.3) is 5.91 Å². The minimum absolute atomic E-state index is 0.114. The number of nitrogen functional groups attached to an aromatic ring is 1. The molecule has 2 heterocycles. The maximum absolute atomic E-state index is 11.4. The van der Waals surface area contributed by atoms with Crippen molar-refractivity contribution in [3.05, 3.63) is 22.2 Å². The molecule has 0 saturated heterocycles. The van der Waals surface area contributed by atoms with E-state index in [-0.39, 0.29) is 16.1 Å². The maximum atomic E-state index is 11.4. The number of rotatable bonds is 5. The Morgan fingerprint density at radius 3 is 2.90 bits per heavy atom. The lowest BCUT2D eigenvalue weighted by atomic mass is 10.2. The van der Waals surface area contributed by atoms with Crippen LogP contribution >= 0.6 is 11.3 Å². The van der Waals surface area contributed by atoms with Crippen LogP contribution in [0.25, 0.3) is 0 Å². The lowest BCUT2D eigenvalue weighted by Crippen LogP contribution is -2.15. The fraction of sp³-hybridized carbons (Fsp3) is 0.273. The summed E-state index contributed by atoms with van der Waals surface area (Å²) in [5.74, 6) is 0.378. The van der Waals surface area contributed by atoms with Gasteiger partial charge in [-0.1, -0.05) is 5.16 Å². The molecule has 8 nitrogen and oxygen atoms in total. The molecule has 0 spiro atoms. The molecule has 2 aromatic rings. The lowest BCUT2D eigenvalue weighted by Gasteiger charge is -2.03. The van der Waals surface area contributed by atoms with Crippen LogP contribution in [-0.2, 0) is 6.42 Å². The van der Waals surface area contributed by atoms with E-state index in [1.807, 2.05) is 6.07 Å². The van der Waals surface area contributed by atoms with Gasteiger partial charge < -0.3 is 21.3 Å². The Labute approximate surface area is 118 Å². The molecule has 2 aromatic heterocycles. The number of carbonyl (C=O) groups excluding carboxylic acids is 1. The van der Waals surface area contributed by atoms with E-state index in [4.69, 9.17) is 21.3 Å². The molecule has 0 unspecified atom stereocenters. The zero-order valence-corrected chi connectivity index (χ0v) is 11.5. The lowest BCUT2D eigenvalue weighted by molar-refractivity contribution is 0.100. The second-order valence-corrected chi connectivity index (χ2v) is 4.95. The van der Waals surface area contributed by atoms with E-state index in [1.165, 1.54) is 0 Å². The number of anilines is 2. The van der Waals surface area contributed by atoms with Gasteiger partial charge in [-0.25, -0.2) is 0 Å². The van der Waals surface area contributed by atoms with E-state index in [9.17, 15) is 4.79 Å². The summed E-state index contributed by atoms with van der Waals surface area (Å²) >= 11 is 1.09. The number of nitrogens with two attached hydrogens (primary N) is 2. The highest BCUT2D eigenvalue weighted by Crippen LogP contribution is 2.34. The number of nitriles is 1. The third kappa shape index (κ3) is 2.70. The monoisotopic (exact) mass is 292 g/mol. The molecule has 0 aliphatic rings. The van der Waals surface area contributed by atoms with Gasteiger partial charge in [0.2, 0.25) is 5.89 Å². The van der Waals surface area contributed by atoms with Crippen LogP contribution in [0, 0.1) is 18.3 Å². The molecule has 0 aliphatic carbocycles. The highest BCUT2D eigenvalue weighted by atomic mass is 32.1. The highest BCUT2D eigenvalue weighted by Gasteiger charge is 2.19. The number of nitrogens with zero attached hydrogens (tertiary/aromatic N) is 3. The minimum atomic E-state index is -0.668. The van der Waals surface area contributed by atoms with Crippen molar-refractivity contribution in [2.45, 2.75) is 13.3 Å². The Hall–Kier alpha value is -2.60. The van der Waals surface area contributed by atoms with Crippen molar-refractivity contribution < 1.29 is 9.32 Å². The Bertz CT molecular complexity index is 684. The van der Waals surface area contributed by atoms with Crippen LogP contribution < -0.4 is 16.8 Å². The zero-order chi connectivity index (χ0) is 14.7. The van der Waals surface area contributed by atoms with Crippen molar-refractivity contribution >= 4 is 27.9 Å². The first-order chi connectivity index (χ1) is 9.52. The van der Waals surface area contributed by atoms with E-state index < -0.39 is 5.91 Å². The standard InChI is InChI=1S/C11H12N6O2S/c1-5-16-7(17-19-5)2-3-15-11-8(10(14)18)9(13)6(4-12)20-11/h15H,2-3,13H2,1H3,(H2,14,18). The molecule has 104 valence electrons. The number of aromatic nitrogens is 2. The van der Waals surface area contributed by atoms with Gasteiger partial charge in [0, 0.05) is 19.9 Å². The van der Waals surface area contributed by atoms with Crippen molar-refractivity contribution in [2.75, 3.05) is 17.6 Å². The molecular weight excluding hydrogens is 280 g/mol. The zero-order valence-electron chi connectivity index (χ0n) is 10.6. The van der Waals surface area contributed by atoms with E-state index >= 15 is 0 Å². The number of amides is 1. The number of aryl methyl sites for hydroxylation is 1. The Morgan fingerprint density at radius 2 is 2.35 bits per heavy atom. The van der Waals surface area contributed by atoms with Gasteiger partial charge in [0.1, 0.15) is 15.9 Å². The number of hydrogen-bond donors (Lipinski definition) is 3. The topological polar surface area (TPSA) is 144 Å². The van der Waals surface area contributed by atoms with Crippen LogP contribution in [0.3, 0.4) is 0 Å². The smallest absolute Gasteiger partial charge is 0.253 e. The van der Waals surface area contributed by atoms with Crippen molar-refractivity contribution in [3.63, 3.8) is 0 Å². The highest BCUT2D eigenvalue weighted by molar-refractivity contribution is 7.17. The van der Waals surface area contributed by atoms with Gasteiger partial charge in [-0.15, -0.1) is 11.3 Å². The first-order valence-corrected chi connectivity index (χ1v) is 6.49. The molecule has 0 aromatic carbocycles. The summed E-state index contributed by atoms with van der Waals surface area (Å²) in [4.78, 5) is 15.7. The van der Waals surface area contributed by atoms with Crippen LogP contribution in [0.5, 0.6) is 0 Å². The van der Waals surface area contributed by atoms with E-state index in [2.05, 4.69) is 15.5 Å². The summed E-state index contributed by atoms with van der Waals surface area (Å²) in [6.07, 6.45) is 0.509. The molecular formula is C11H12N6O2S. The Balaban J connectivity index is 2.09. The molecule has 0 radical (unpaired) electrons. The van der Waals surface area contributed by atoms with Crippen LogP contribution in [0.4, 0.5) is 10.7 Å². The molecule has 2 rings (SSSR count). The average Bonchev–Trinajstić information content (AvgIpc) is 2.93. The number of primary amides is 1. The molecule has 5 N–H and O–H groups in total. The molecule has 9 heteroatoms. The summed E-state index contributed by atoms with van der Waals surface area (Å²) < 4.78 is 4.85.